The number of benzene rings is 3. The summed E-state index contributed by atoms with van der Waals surface area (Å²) in [6.07, 6.45) is 2.02. The lowest BCUT2D eigenvalue weighted by Gasteiger charge is -2.18. The van der Waals surface area contributed by atoms with E-state index >= 15 is 0 Å². The average molecular weight is 468 g/mol. The molecular formula is C28H25N3O4. The van der Waals surface area contributed by atoms with Crippen molar-refractivity contribution in [1.82, 2.24) is 9.80 Å². The summed E-state index contributed by atoms with van der Waals surface area (Å²) in [4.78, 5) is 54.3. The molecule has 3 aromatic carbocycles. The minimum absolute atomic E-state index is 0.0148. The van der Waals surface area contributed by atoms with Gasteiger partial charge in [-0.1, -0.05) is 30.3 Å². The topological polar surface area (TPSA) is 86.8 Å². The van der Waals surface area contributed by atoms with E-state index in [9.17, 15) is 19.2 Å². The molecule has 0 spiro atoms. The standard InChI is InChI=1S/C28H25N3O4/c1-18-21(26(33)30-14-4-5-15-30)12-7-13-24(18)29-25(32)20-9-6-8-19(16-20)17-31-27(34)22-10-2-3-11-23(22)28(31)35/h2-3,6-13,16H,4-5,14-15,17H2,1H3,(H,29,32). The molecule has 2 heterocycles. The van der Waals surface area contributed by atoms with Crippen LogP contribution >= 0.6 is 0 Å². The molecule has 35 heavy (non-hydrogen) atoms. The highest BCUT2D eigenvalue weighted by molar-refractivity contribution is 6.21. The highest BCUT2D eigenvalue weighted by Gasteiger charge is 2.35. The Morgan fingerprint density at radius 1 is 0.857 bits per heavy atom. The van der Waals surface area contributed by atoms with Crippen LogP contribution in [0.2, 0.25) is 0 Å². The van der Waals surface area contributed by atoms with E-state index in [1.807, 2.05) is 11.8 Å². The number of fused-ring (bicyclic) bond motifs is 1. The molecule has 3 aromatic rings. The Bertz CT molecular complexity index is 1320. The summed E-state index contributed by atoms with van der Waals surface area (Å²) in [6, 6.07) is 18.9. The summed E-state index contributed by atoms with van der Waals surface area (Å²) >= 11 is 0. The van der Waals surface area contributed by atoms with Crippen LogP contribution in [0.5, 0.6) is 0 Å². The van der Waals surface area contributed by atoms with Gasteiger partial charge in [0.2, 0.25) is 0 Å². The number of carbonyl (C=O) groups excluding carboxylic acids is 4. The third-order valence-corrected chi connectivity index (χ3v) is 6.61. The van der Waals surface area contributed by atoms with E-state index in [1.54, 1.807) is 66.7 Å². The van der Waals surface area contributed by atoms with Crippen molar-refractivity contribution in [3.63, 3.8) is 0 Å². The Labute approximate surface area is 203 Å². The largest absolute Gasteiger partial charge is 0.339 e. The lowest BCUT2D eigenvalue weighted by Crippen LogP contribution is -2.29. The van der Waals surface area contributed by atoms with Gasteiger partial charge < -0.3 is 10.2 Å². The van der Waals surface area contributed by atoms with Crippen LogP contribution in [0.3, 0.4) is 0 Å². The van der Waals surface area contributed by atoms with Gasteiger partial charge in [0, 0.05) is 29.9 Å². The minimum atomic E-state index is -0.337. The Morgan fingerprint density at radius 3 is 2.20 bits per heavy atom. The quantitative estimate of drug-likeness (QED) is 0.568. The molecule has 7 nitrogen and oxygen atoms in total. The van der Waals surface area contributed by atoms with Crippen molar-refractivity contribution >= 4 is 29.3 Å². The maximum Gasteiger partial charge on any atom is 0.261 e. The first-order valence-corrected chi connectivity index (χ1v) is 11.7. The number of nitrogens with one attached hydrogen (secondary N) is 1. The van der Waals surface area contributed by atoms with Crippen LogP contribution in [0, 0.1) is 6.92 Å². The number of rotatable bonds is 5. The highest BCUT2D eigenvalue weighted by atomic mass is 16.2. The lowest BCUT2D eigenvalue weighted by atomic mass is 10.0. The molecule has 0 aliphatic carbocycles. The van der Waals surface area contributed by atoms with Crippen molar-refractivity contribution in [3.05, 3.63) is 100 Å². The zero-order valence-electron chi connectivity index (χ0n) is 19.4. The Hall–Kier alpha value is -4.26. The number of nitrogens with zero attached hydrogens (tertiary/aromatic N) is 2. The summed E-state index contributed by atoms with van der Waals surface area (Å²) in [6.45, 7) is 3.42. The van der Waals surface area contributed by atoms with Gasteiger partial charge in [-0.15, -0.1) is 0 Å². The van der Waals surface area contributed by atoms with Crippen LogP contribution in [-0.4, -0.2) is 46.5 Å². The number of hydrogen-bond donors (Lipinski definition) is 1. The Balaban J connectivity index is 1.32. The average Bonchev–Trinajstić information content (AvgIpc) is 3.49. The predicted octanol–water partition coefficient (Wildman–Crippen LogP) is 4.28. The SMILES string of the molecule is Cc1c(NC(=O)c2cccc(CN3C(=O)c4ccccc4C3=O)c2)cccc1C(=O)N1CCCC1. The molecule has 0 saturated carbocycles. The molecule has 0 bridgehead atoms. The first-order valence-electron chi connectivity index (χ1n) is 11.7. The van der Waals surface area contributed by atoms with E-state index in [0.717, 1.165) is 31.5 Å². The molecule has 4 amide bonds. The van der Waals surface area contributed by atoms with Gasteiger partial charge in [-0.3, -0.25) is 24.1 Å². The van der Waals surface area contributed by atoms with E-state index < -0.39 is 0 Å². The molecule has 0 aromatic heterocycles. The smallest absolute Gasteiger partial charge is 0.261 e. The summed E-state index contributed by atoms with van der Waals surface area (Å²) in [7, 11) is 0. The molecule has 2 aliphatic rings. The summed E-state index contributed by atoms with van der Waals surface area (Å²) in [5.74, 6) is -1.02. The van der Waals surface area contributed by atoms with Gasteiger partial charge in [-0.2, -0.15) is 0 Å². The van der Waals surface area contributed by atoms with Crippen LogP contribution in [-0.2, 0) is 6.54 Å². The third-order valence-electron chi connectivity index (χ3n) is 6.61. The molecule has 5 rings (SSSR count). The second-order valence-electron chi connectivity index (χ2n) is 8.87. The second-order valence-corrected chi connectivity index (χ2v) is 8.87. The molecule has 176 valence electrons. The van der Waals surface area contributed by atoms with E-state index in [4.69, 9.17) is 0 Å². The molecule has 1 fully saturated rings. The monoisotopic (exact) mass is 467 g/mol. The van der Waals surface area contributed by atoms with Crippen molar-refractivity contribution in [2.45, 2.75) is 26.3 Å². The van der Waals surface area contributed by atoms with Crippen LogP contribution in [0.15, 0.2) is 66.7 Å². The summed E-state index contributed by atoms with van der Waals surface area (Å²) in [5, 5.41) is 2.91. The maximum absolute atomic E-state index is 13.0. The maximum atomic E-state index is 13.0. The highest BCUT2D eigenvalue weighted by Crippen LogP contribution is 2.25. The molecule has 0 atom stereocenters. The number of likely N-dealkylation sites (tertiary alicyclic amines) is 1. The fourth-order valence-corrected chi connectivity index (χ4v) is 4.66. The van der Waals surface area contributed by atoms with Crippen LogP contribution < -0.4 is 5.32 Å². The lowest BCUT2D eigenvalue weighted by molar-refractivity contribution is 0.0641. The Kier molecular flexibility index (Phi) is 5.91. The molecule has 1 saturated heterocycles. The fraction of sp³-hybridized carbons (Fsp3) is 0.214. The van der Waals surface area contributed by atoms with E-state index in [1.165, 1.54) is 4.90 Å². The molecule has 2 aliphatic heterocycles. The normalized spacial score (nSPS) is 14.9. The van der Waals surface area contributed by atoms with Gasteiger partial charge in [0.15, 0.2) is 0 Å². The van der Waals surface area contributed by atoms with Crippen molar-refractivity contribution in [2.75, 3.05) is 18.4 Å². The fourth-order valence-electron chi connectivity index (χ4n) is 4.66. The Morgan fingerprint density at radius 2 is 1.51 bits per heavy atom. The molecule has 1 N–H and O–H groups in total. The van der Waals surface area contributed by atoms with Gasteiger partial charge in [-0.25, -0.2) is 0 Å². The predicted molar refractivity (Wildman–Crippen MR) is 131 cm³/mol. The van der Waals surface area contributed by atoms with Gasteiger partial charge in [0.25, 0.3) is 23.6 Å². The van der Waals surface area contributed by atoms with Gasteiger partial charge >= 0.3 is 0 Å². The van der Waals surface area contributed by atoms with E-state index in [0.29, 0.717) is 33.5 Å². The van der Waals surface area contributed by atoms with E-state index in [-0.39, 0.29) is 30.2 Å². The molecule has 0 radical (unpaired) electrons. The number of hydrogen-bond acceptors (Lipinski definition) is 4. The zero-order valence-corrected chi connectivity index (χ0v) is 19.4. The molecule has 0 unspecified atom stereocenters. The van der Waals surface area contributed by atoms with Crippen molar-refractivity contribution in [2.24, 2.45) is 0 Å². The van der Waals surface area contributed by atoms with E-state index in [2.05, 4.69) is 5.32 Å². The van der Waals surface area contributed by atoms with Gasteiger partial charge in [0.1, 0.15) is 0 Å². The van der Waals surface area contributed by atoms with Crippen LogP contribution in [0.4, 0.5) is 5.69 Å². The third kappa shape index (κ3) is 4.21. The number of amides is 4. The van der Waals surface area contributed by atoms with Crippen molar-refractivity contribution < 1.29 is 19.2 Å². The zero-order chi connectivity index (χ0) is 24.5. The molecule has 7 heteroatoms. The van der Waals surface area contributed by atoms with Crippen molar-refractivity contribution in [1.29, 1.82) is 0 Å². The second kappa shape index (κ2) is 9.18. The van der Waals surface area contributed by atoms with Crippen LogP contribution in [0.25, 0.3) is 0 Å². The summed E-state index contributed by atoms with van der Waals surface area (Å²) in [5.41, 5.74) is 3.74. The number of imide groups is 1. The summed E-state index contributed by atoms with van der Waals surface area (Å²) < 4.78 is 0. The first kappa shape index (κ1) is 22.5. The van der Waals surface area contributed by atoms with Crippen molar-refractivity contribution in [3.8, 4) is 0 Å². The molecular weight excluding hydrogens is 442 g/mol. The first-order chi connectivity index (χ1) is 16.9. The van der Waals surface area contributed by atoms with Crippen LogP contribution in [0.1, 0.15) is 65.4 Å². The number of carbonyl (C=O) groups is 4. The van der Waals surface area contributed by atoms with Gasteiger partial charge in [0.05, 0.1) is 17.7 Å². The van der Waals surface area contributed by atoms with Gasteiger partial charge in [-0.05, 0) is 67.3 Å². The minimum Gasteiger partial charge on any atom is -0.339 e. The number of anilines is 1.